The zero-order valence-corrected chi connectivity index (χ0v) is 22.9. The van der Waals surface area contributed by atoms with E-state index in [9.17, 15) is 13.2 Å². The molecule has 0 saturated carbocycles. The second kappa shape index (κ2) is 14.0. The van der Waals surface area contributed by atoms with Crippen LogP contribution in [0.2, 0.25) is 0 Å². The van der Waals surface area contributed by atoms with Crippen LogP contribution in [-0.2, 0) is 34.2 Å². The average Bonchev–Trinajstić information content (AvgIpc) is 2.86. The highest BCUT2D eigenvalue weighted by atomic mass is 35.7. The maximum absolute atomic E-state index is 12.6. The van der Waals surface area contributed by atoms with Crippen LogP contribution in [0.4, 0.5) is 5.69 Å². The summed E-state index contributed by atoms with van der Waals surface area (Å²) in [6, 6.07) is 20.3. The highest BCUT2D eigenvalue weighted by molar-refractivity contribution is 7.90. The van der Waals surface area contributed by atoms with Gasteiger partial charge in [0, 0.05) is 30.7 Å². The molecule has 0 aliphatic carbocycles. The fraction of sp³-hybridized carbons (Fsp3) is 0.240. The maximum Gasteiger partial charge on any atom is 0.285 e. The van der Waals surface area contributed by atoms with E-state index < -0.39 is 26.2 Å². The lowest BCUT2D eigenvalue weighted by molar-refractivity contribution is -2.00. The van der Waals surface area contributed by atoms with Crippen molar-refractivity contribution in [3.63, 3.8) is 0 Å². The normalized spacial score (nSPS) is 11.2. The number of carbonyl (C=O) groups is 1. The van der Waals surface area contributed by atoms with Crippen LogP contribution < -0.4 is 40.0 Å². The Kier molecular flexibility index (Phi) is 11.3. The third-order valence-corrected chi connectivity index (χ3v) is 6.71. The number of pyridine rings is 1. The molecule has 1 heterocycles. The number of amides is 1. The molecule has 3 rings (SSSR count). The minimum atomic E-state index is -4.94. The first-order valence-corrected chi connectivity index (χ1v) is 14.4. The molecule has 1 amide bonds. The topological polar surface area (TPSA) is 224 Å². The molecule has 5 N–H and O–H groups in total. The first-order valence-electron chi connectivity index (χ1n) is 11.7. The van der Waals surface area contributed by atoms with Gasteiger partial charge in [0.05, 0.1) is 11.3 Å². The van der Waals surface area contributed by atoms with Gasteiger partial charge in [-0.3, -0.25) is 4.79 Å². The van der Waals surface area contributed by atoms with Gasteiger partial charge in [-0.2, -0.15) is 13.0 Å². The van der Waals surface area contributed by atoms with Crippen molar-refractivity contribution in [3.8, 4) is 11.1 Å². The van der Waals surface area contributed by atoms with Crippen molar-refractivity contribution in [2.45, 2.75) is 44.6 Å². The summed E-state index contributed by atoms with van der Waals surface area (Å²) < 4.78 is 63.5. The smallest absolute Gasteiger partial charge is 0.285 e. The van der Waals surface area contributed by atoms with Crippen LogP contribution >= 0.6 is 0 Å². The molecule has 0 spiro atoms. The molecule has 0 saturated heterocycles. The first-order chi connectivity index (χ1) is 18.2. The van der Waals surface area contributed by atoms with Crippen molar-refractivity contribution in [1.82, 2.24) is 0 Å². The van der Waals surface area contributed by atoms with E-state index in [-0.39, 0.29) is 17.2 Å². The number of aromatic nitrogens is 1. The van der Waals surface area contributed by atoms with Crippen molar-refractivity contribution in [3.05, 3.63) is 78.1 Å². The van der Waals surface area contributed by atoms with E-state index >= 15 is 0 Å². The van der Waals surface area contributed by atoms with Gasteiger partial charge < -0.3 is 16.8 Å². The number of halogens is 1. The summed E-state index contributed by atoms with van der Waals surface area (Å²) in [6.45, 7) is 4.76. The summed E-state index contributed by atoms with van der Waals surface area (Å²) in [5.74, 6) is -0.701. The average molecular weight is 580 g/mol. The van der Waals surface area contributed by atoms with E-state index in [2.05, 4.69) is 52.4 Å². The molecule has 0 bridgehead atoms. The molecule has 0 unspecified atom stereocenters. The lowest BCUT2D eigenvalue weighted by Gasteiger charge is -2.17. The van der Waals surface area contributed by atoms with Gasteiger partial charge in [-0.05, 0) is 35.4 Å². The zero-order valence-electron chi connectivity index (χ0n) is 21.4. The summed E-state index contributed by atoms with van der Waals surface area (Å²) in [4.78, 5) is 12.5. The molecule has 12 nitrogen and oxygen atoms in total. The summed E-state index contributed by atoms with van der Waals surface area (Å²) in [6.07, 6.45) is 1.98. The van der Waals surface area contributed by atoms with Gasteiger partial charge in [0.25, 0.3) is 10.0 Å². The fourth-order valence-corrected chi connectivity index (χ4v) is 4.61. The maximum atomic E-state index is 12.6. The van der Waals surface area contributed by atoms with Crippen LogP contribution in [0.15, 0.2) is 76.0 Å². The number of nitrogens with two attached hydrogens (primary N) is 2. The second-order valence-corrected chi connectivity index (χ2v) is 10.5. The number of nitrogens with one attached hydrogen (secondary N) is 1. The molecule has 0 atom stereocenters. The number of anilines is 1. The van der Waals surface area contributed by atoms with Crippen LogP contribution in [0.1, 0.15) is 31.7 Å². The highest BCUT2D eigenvalue weighted by Gasteiger charge is 2.19. The number of hydrogen-bond donors (Lipinski definition) is 3. The van der Waals surface area contributed by atoms with Crippen molar-refractivity contribution < 1.29 is 46.7 Å². The lowest BCUT2D eigenvalue weighted by atomic mass is 10.0. The third kappa shape index (κ3) is 10.6. The van der Waals surface area contributed by atoms with Crippen molar-refractivity contribution in [2.75, 3.05) is 5.32 Å². The van der Waals surface area contributed by atoms with E-state index in [0.29, 0.717) is 12.2 Å². The summed E-state index contributed by atoms with van der Waals surface area (Å²) in [7, 11) is -8.91. The Balaban J connectivity index is 0.000000976. The van der Waals surface area contributed by atoms with E-state index in [0.717, 1.165) is 12.8 Å². The van der Waals surface area contributed by atoms with Crippen molar-refractivity contribution in [2.24, 2.45) is 15.9 Å². The van der Waals surface area contributed by atoms with Gasteiger partial charge in [-0.25, -0.2) is 18.6 Å². The zero-order chi connectivity index (χ0) is 29.2. The monoisotopic (exact) mass is 579 g/mol. The largest absolute Gasteiger partial charge is 0.369 e. The number of hydrogen-bond acceptors (Lipinski definition) is 7. The van der Waals surface area contributed by atoms with Crippen LogP contribution in [0.25, 0.3) is 11.1 Å². The molecule has 0 aliphatic rings. The van der Waals surface area contributed by atoms with Crippen molar-refractivity contribution >= 4 is 27.6 Å². The number of benzene rings is 2. The Hall–Kier alpha value is -3.59. The van der Waals surface area contributed by atoms with Crippen LogP contribution in [-0.4, -0.2) is 20.3 Å². The first kappa shape index (κ1) is 31.6. The predicted octanol–water partition coefficient (Wildman–Crippen LogP) is -2.00. The summed E-state index contributed by atoms with van der Waals surface area (Å²) >= 11 is 0. The number of nitrogens with zero attached hydrogens (tertiary/aromatic N) is 2. The molecule has 2 aromatic carbocycles. The van der Waals surface area contributed by atoms with Crippen LogP contribution in [0, 0.1) is 10.2 Å². The van der Waals surface area contributed by atoms with Crippen molar-refractivity contribution in [1.29, 1.82) is 0 Å². The Morgan fingerprint density at radius 2 is 1.41 bits per heavy atom. The van der Waals surface area contributed by atoms with E-state index in [1.54, 1.807) is 0 Å². The molecule has 39 heavy (non-hydrogen) atoms. The Morgan fingerprint density at radius 3 is 1.87 bits per heavy atom. The quantitative estimate of drug-likeness (QED) is 0.144. The van der Waals surface area contributed by atoms with Gasteiger partial charge in [-0.1, -0.05) is 44.2 Å². The number of sulfonamides is 1. The molecule has 3 aromatic rings. The Labute approximate surface area is 229 Å². The van der Waals surface area contributed by atoms with Gasteiger partial charge in [-0.15, -0.1) is 14.6 Å². The van der Waals surface area contributed by atoms with Gasteiger partial charge in [0.2, 0.25) is 11.9 Å². The predicted molar refractivity (Wildman–Crippen MR) is 134 cm³/mol. The summed E-state index contributed by atoms with van der Waals surface area (Å²) in [5.41, 5.74) is 15.5. The van der Waals surface area contributed by atoms with Gasteiger partial charge in [0.1, 0.15) is 0 Å². The minimum Gasteiger partial charge on any atom is -0.369 e. The summed E-state index contributed by atoms with van der Waals surface area (Å²) in [5, 5.41) is 2.81. The molecule has 0 fully saturated rings. The molecule has 1 aromatic heterocycles. The van der Waals surface area contributed by atoms with Crippen LogP contribution in [0.5, 0.6) is 0 Å². The number of guanidine groups is 1. The highest BCUT2D eigenvalue weighted by Crippen LogP contribution is 2.21. The Morgan fingerprint density at radius 1 is 0.897 bits per heavy atom. The number of aryl methyl sites for hydroxylation is 2. The molecule has 0 aliphatic heterocycles. The molecule has 0 radical (unpaired) electrons. The molecule has 210 valence electrons. The minimum absolute atomic E-state index is 0.0619. The van der Waals surface area contributed by atoms with E-state index in [1.807, 2.05) is 18.2 Å². The number of rotatable bonds is 9. The SMILES string of the molecule is CCc1cc(-c2ccccc2)cc(CC)[n+]1CCC(=O)Nc1ccc(S(=O)(=O)N=C(N)N)cc1.[O-][Cl+3]([O-])([O-])[O-]. The van der Waals surface area contributed by atoms with Crippen LogP contribution in [0.3, 0.4) is 0 Å². The fourth-order valence-electron chi connectivity index (χ4n) is 3.75. The lowest BCUT2D eigenvalue weighted by Crippen LogP contribution is -2.68. The number of carbonyl (C=O) groups excluding carboxylic acids is 1. The standard InChI is InChI=1S/C25H29N5O3S.ClHO4/c1-3-21-16-19(18-8-6-5-7-9-18)17-22(4-2)30(21)15-14-24(31)28-20-10-12-23(13-11-20)34(32,33)29-25(26)27;2-1(3,4)5/h5-13,16-17H,3-4,14-15H2,1-2H3,(H4-,26,27,28,29,31);(H,2,3,4,5). The second-order valence-electron chi connectivity index (χ2n) is 8.14. The molecular weight excluding hydrogens is 550 g/mol. The molecular formula is C25H30ClN5O7S. The van der Waals surface area contributed by atoms with Gasteiger partial charge in [0.15, 0.2) is 17.9 Å². The van der Waals surface area contributed by atoms with E-state index in [4.69, 9.17) is 30.1 Å². The van der Waals surface area contributed by atoms with E-state index in [1.165, 1.54) is 46.8 Å². The molecule has 14 heteroatoms. The Bertz CT molecular complexity index is 1360. The van der Waals surface area contributed by atoms with Gasteiger partial charge >= 0.3 is 0 Å². The third-order valence-electron chi connectivity index (χ3n) is 5.39.